The Balaban J connectivity index is 0. The molecule has 0 aromatic carbocycles. The molecule has 0 aliphatic carbocycles. The quantitative estimate of drug-likeness (QED) is 0.845. The fraction of sp³-hybridized carbons (Fsp3) is 0.600. The fourth-order valence-corrected chi connectivity index (χ4v) is 1.27. The highest BCUT2D eigenvalue weighted by Gasteiger charge is 2.13. The summed E-state index contributed by atoms with van der Waals surface area (Å²) in [5, 5.41) is 6.91. The predicted molar refractivity (Wildman–Crippen MR) is 72.6 cm³/mol. The van der Waals surface area contributed by atoms with E-state index >= 15 is 0 Å². The SMILES string of the molecule is CC[C@H](N)C(=O)NC(C)Cn1cccn1.Cl.Cl. The van der Waals surface area contributed by atoms with Gasteiger partial charge in [-0.3, -0.25) is 9.48 Å². The molecule has 100 valence electrons. The average Bonchev–Trinajstić information content (AvgIpc) is 2.68. The Morgan fingerprint density at radius 1 is 1.53 bits per heavy atom. The van der Waals surface area contributed by atoms with Gasteiger partial charge in [0.2, 0.25) is 5.91 Å². The molecule has 17 heavy (non-hydrogen) atoms. The van der Waals surface area contributed by atoms with Gasteiger partial charge in [-0.15, -0.1) is 24.8 Å². The van der Waals surface area contributed by atoms with Crippen molar-refractivity contribution < 1.29 is 4.79 Å². The molecule has 0 aliphatic heterocycles. The second kappa shape index (κ2) is 9.27. The first-order valence-corrected chi connectivity index (χ1v) is 5.17. The van der Waals surface area contributed by atoms with Gasteiger partial charge < -0.3 is 11.1 Å². The van der Waals surface area contributed by atoms with Gasteiger partial charge in [-0.1, -0.05) is 6.92 Å². The van der Waals surface area contributed by atoms with Crippen molar-refractivity contribution in [3.63, 3.8) is 0 Å². The number of carbonyl (C=O) groups is 1. The van der Waals surface area contributed by atoms with Gasteiger partial charge in [-0.25, -0.2) is 0 Å². The molecule has 0 saturated carbocycles. The van der Waals surface area contributed by atoms with Crippen molar-refractivity contribution in [3.8, 4) is 0 Å². The molecule has 1 unspecified atom stereocenters. The van der Waals surface area contributed by atoms with Crippen LogP contribution in [0.15, 0.2) is 18.5 Å². The van der Waals surface area contributed by atoms with E-state index in [2.05, 4.69) is 10.4 Å². The van der Waals surface area contributed by atoms with Gasteiger partial charge in [0.05, 0.1) is 12.6 Å². The summed E-state index contributed by atoms with van der Waals surface area (Å²) in [5.74, 6) is -0.0999. The molecule has 0 radical (unpaired) electrons. The molecular weight excluding hydrogens is 263 g/mol. The Morgan fingerprint density at radius 2 is 2.18 bits per heavy atom. The zero-order valence-electron chi connectivity index (χ0n) is 10.00. The van der Waals surface area contributed by atoms with E-state index in [0.717, 1.165) is 0 Å². The molecule has 1 aromatic heterocycles. The number of carbonyl (C=O) groups excluding carboxylic acids is 1. The molecule has 1 amide bonds. The minimum absolute atomic E-state index is 0. The van der Waals surface area contributed by atoms with Crippen molar-refractivity contribution >= 4 is 30.7 Å². The van der Waals surface area contributed by atoms with Crippen molar-refractivity contribution in [2.45, 2.75) is 38.9 Å². The van der Waals surface area contributed by atoms with E-state index in [0.29, 0.717) is 13.0 Å². The van der Waals surface area contributed by atoms with E-state index in [1.165, 1.54) is 0 Å². The van der Waals surface area contributed by atoms with Crippen LogP contribution < -0.4 is 11.1 Å². The lowest BCUT2D eigenvalue weighted by molar-refractivity contribution is -0.123. The Morgan fingerprint density at radius 3 is 2.65 bits per heavy atom. The molecule has 5 nitrogen and oxygen atoms in total. The number of aromatic nitrogens is 2. The first-order valence-electron chi connectivity index (χ1n) is 5.17. The van der Waals surface area contributed by atoms with E-state index in [-0.39, 0.29) is 36.8 Å². The summed E-state index contributed by atoms with van der Waals surface area (Å²) >= 11 is 0. The summed E-state index contributed by atoms with van der Waals surface area (Å²) in [6, 6.07) is 1.48. The maximum Gasteiger partial charge on any atom is 0.237 e. The van der Waals surface area contributed by atoms with Crippen LogP contribution in [0.1, 0.15) is 20.3 Å². The van der Waals surface area contributed by atoms with Crippen LogP contribution in [0.25, 0.3) is 0 Å². The summed E-state index contributed by atoms with van der Waals surface area (Å²) in [6.45, 7) is 4.49. The maximum atomic E-state index is 11.4. The topological polar surface area (TPSA) is 72.9 Å². The lowest BCUT2D eigenvalue weighted by Gasteiger charge is -2.16. The van der Waals surface area contributed by atoms with Gasteiger partial charge in [0.15, 0.2) is 0 Å². The molecule has 0 aliphatic rings. The molecular formula is C10H20Cl2N4O. The summed E-state index contributed by atoms with van der Waals surface area (Å²) in [5.41, 5.74) is 5.60. The van der Waals surface area contributed by atoms with Gasteiger partial charge >= 0.3 is 0 Å². The number of amides is 1. The van der Waals surface area contributed by atoms with E-state index in [9.17, 15) is 4.79 Å². The van der Waals surface area contributed by atoms with Gasteiger partial charge in [-0.2, -0.15) is 5.10 Å². The van der Waals surface area contributed by atoms with E-state index in [1.807, 2.05) is 26.1 Å². The van der Waals surface area contributed by atoms with E-state index in [1.54, 1.807) is 10.9 Å². The number of halogens is 2. The standard InChI is InChI=1S/C10H18N4O.2ClH/c1-3-9(11)10(15)13-8(2)7-14-6-4-5-12-14;;/h4-6,8-9H,3,7,11H2,1-2H3,(H,13,15);2*1H/t8?,9-;;/m0../s1. The Hall–Kier alpha value is -0.780. The number of hydrogen-bond acceptors (Lipinski definition) is 3. The normalized spacial score (nSPS) is 12.9. The second-order valence-electron chi connectivity index (χ2n) is 3.65. The van der Waals surface area contributed by atoms with Crippen molar-refractivity contribution in [1.29, 1.82) is 0 Å². The van der Waals surface area contributed by atoms with Crippen LogP contribution in [0, 0.1) is 0 Å². The highest BCUT2D eigenvalue weighted by atomic mass is 35.5. The smallest absolute Gasteiger partial charge is 0.237 e. The number of nitrogens with two attached hydrogens (primary N) is 1. The van der Waals surface area contributed by atoms with Crippen LogP contribution in [-0.2, 0) is 11.3 Å². The molecule has 0 bridgehead atoms. The van der Waals surface area contributed by atoms with Crippen LogP contribution in [-0.4, -0.2) is 27.8 Å². The van der Waals surface area contributed by atoms with Crippen LogP contribution in [0.4, 0.5) is 0 Å². The Bertz CT molecular complexity index is 305. The molecule has 0 fully saturated rings. The highest BCUT2D eigenvalue weighted by Crippen LogP contribution is 1.93. The molecule has 1 rings (SSSR count). The van der Waals surface area contributed by atoms with Crippen LogP contribution in [0.2, 0.25) is 0 Å². The second-order valence-corrected chi connectivity index (χ2v) is 3.65. The molecule has 2 atom stereocenters. The maximum absolute atomic E-state index is 11.4. The molecule has 1 aromatic rings. The van der Waals surface area contributed by atoms with E-state index in [4.69, 9.17) is 5.73 Å². The van der Waals surface area contributed by atoms with Crippen molar-refractivity contribution in [1.82, 2.24) is 15.1 Å². The Labute approximate surface area is 114 Å². The lowest BCUT2D eigenvalue weighted by Crippen LogP contribution is -2.45. The monoisotopic (exact) mass is 282 g/mol. The van der Waals surface area contributed by atoms with E-state index < -0.39 is 6.04 Å². The number of hydrogen-bond donors (Lipinski definition) is 2. The van der Waals surface area contributed by atoms with Crippen LogP contribution >= 0.6 is 24.8 Å². The summed E-state index contributed by atoms with van der Waals surface area (Å²) in [6.07, 6.45) is 4.23. The first-order chi connectivity index (χ1) is 7.13. The first kappa shape index (κ1) is 18.6. The molecule has 0 saturated heterocycles. The van der Waals surface area contributed by atoms with Gasteiger partial charge in [0.25, 0.3) is 0 Å². The lowest BCUT2D eigenvalue weighted by atomic mass is 10.2. The minimum Gasteiger partial charge on any atom is -0.350 e. The molecule has 3 N–H and O–H groups in total. The minimum atomic E-state index is -0.412. The zero-order chi connectivity index (χ0) is 11.3. The Kier molecular flexibility index (Phi) is 10.1. The average molecular weight is 283 g/mol. The highest BCUT2D eigenvalue weighted by molar-refractivity contribution is 5.85. The summed E-state index contributed by atoms with van der Waals surface area (Å²) in [4.78, 5) is 11.4. The van der Waals surface area contributed by atoms with Crippen molar-refractivity contribution in [3.05, 3.63) is 18.5 Å². The number of rotatable bonds is 5. The fourth-order valence-electron chi connectivity index (χ4n) is 1.27. The molecule has 0 spiro atoms. The third kappa shape index (κ3) is 6.51. The third-order valence-electron chi connectivity index (χ3n) is 2.19. The van der Waals surface area contributed by atoms with Crippen molar-refractivity contribution in [2.24, 2.45) is 5.73 Å². The van der Waals surface area contributed by atoms with Gasteiger partial charge in [-0.05, 0) is 19.4 Å². The summed E-state index contributed by atoms with van der Waals surface area (Å²) in [7, 11) is 0. The number of nitrogens with zero attached hydrogens (tertiary/aromatic N) is 2. The van der Waals surface area contributed by atoms with Crippen molar-refractivity contribution in [2.75, 3.05) is 0 Å². The summed E-state index contributed by atoms with van der Waals surface area (Å²) < 4.78 is 1.78. The molecule has 1 heterocycles. The largest absolute Gasteiger partial charge is 0.350 e. The zero-order valence-corrected chi connectivity index (χ0v) is 11.6. The van der Waals surface area contributed by atoms with Gasteiger partial charge in [0, 0.05) is 18.4 Å². The predicted octanol–water partition coefficient (Wildman–Crippen LogP) is 0.969. The number of nitrogens with one attached hydrogen (secondary N) is 1. The van der Waals surface area contributed by atoms with Crippen LogP contribution in [0.5, 0.6) is 0 Å². The molecule has 7 heteroatoms. The van der Waals surface area contributed by atoms with Crippen LogP contribution in [0.3, 0.4) is 0 Å². The third-order valence-corrected chi connectivity index (χ3v) is 2.19. The van der Waals surface area contributed by atoms with Gasteiger partial charge in [0.1, 0.15) is 0 Å².